The molecule has 4 nitrogen and oxygen atoms in total. The Kier molecular flexibility index (Phi) is 4.86. The number of anilines is 1. The Hall–Kier alpha value is -1.76. The van der Waals surface area contributed by atoms with Gasteiger partial charge in [0.1, 0.15) is 5.60 Å². The van der Waals surface area contributed by atoms with Crippen molar-refractivity contribution < 1.29 is 22.7 Å². The number of ether oxygens (including phenoxy) is 1. The lowest BCUT2D eigenvalue weighted by molar-refractivity contribution is -0.137. The van der Waals surface area contributed by atoms with E-state index in [2.05, 4.69) is 5.32 Å². The van der Waals surface area contributed by atoms with Gasteiger partial charge in [-0.25, -0.2) is 4.79 Å². The lowest BCUT2D eigenvalue weighted by Gasteiger charge is -2.42. The first-order valence-corrected chi connectivity index (χ1v) is 7.89. The van der Waals surface area contributed by atoms with Crippen molar-refractivity contribution >= 4 is 11.8 Å². The summed E-state index contributed by atoms with van der Waals surface area (Å²) in [4.78, 5) is 12.0. The molecule has 24 heavy (non-hydrogen) atoms. The third-order valence-corrected chi connectivity index (χ3v) is 4.26. The number of rotatable bonds is 3. The Morgan fingerprint density at radius 2 is 1.92 bits per heavy atom. The van der Waals surface area contributed by atoms with E-state index in [1.807, 2.05) is 0 Å². The van der Waals surface area contributed by atoms with Gasteiger partial charge in [0, 0.05) is 17.6 Å². The van der Waals surface area contributed by atoms with E-state index in [9.17, 15) is 18.0 Å². The van der Waals surface area contributed by atoms with E-state index < -0.39 is 23.4 Å². The van der Waals surface area contributed by atoms with Crippen molar-refractivity contribution in [1.29, 1.82) is 0 Å². The second-order valence-corrected chi connectivity index (χ2v) is 7.22. The van der Waals surface area contributed by atoms with Crippen LogP contribution in [0, 0.1) is 0 Å². The Morgan fingerprint density at radius 1 is 1.29 bits per heavy atom. The first-order valence-electron chi connectivity index (χ1n) is 7.89. The zero-order valence-corrected chi connectivity index (χ0v) is 14.1. The molecule has 0 atom stereocenters. The van der Waals surface area contributed by atoms with Crippen LogP contribution in [0.25, 0.3) is 0 Å². The fraction of sp³-hybridized carbons (Fsp3) is 0.588. The topological polar surface area (TPSA) is 64.3 Å². The summed E-state index contributed by atoms with van der Waals surface area (Å²) in [5, 5.41) is 2.47. The van der Waals surface area contributed by atoms with Gasteiger partial charge in [0.2, 0.25) is 0 Å². The average Bonchev–Trinajstić information content (AvgIpc) is 2.36. The monoisotopic (exact) mass is 344 g/mol. The molecule has 0 aromatic heterocycles. The maximum Gasteiger partial charge on any atom is 0.416 e. The summed E-state index contributed by atoms with van der Waals surface area (Å²) >= 11 is 0. The minimum absolute atomic E-state index is 0.115. The first kappa shape index (κ1) is 18.6. The number of nitrogens with one attached hydrogen (secondary N) is 1. The van der Waals surface area contributed by atoms with Gasteiger partial charge in [-0.3, -0.25) is 5.32 Å². The van der Waals surface area contributed by atoms with Gasteiger partial charge in [-0.15, -0.1) is 0 Å². The summed E-state index contributed by atoms with van der Waals surface area (Å²) in [5.74, 6) is 0. The molecule has 0 heterocycles. The van der Waals surface area contributed by atoms with Crippen LogP contribution < -0.4 is 11.1 Å². The SMILES string of the molecule is CC(C)(C)OC(=O)Nc1cc(C(F)(F)F)ccc1C1(CN)CCC1. The van der Waals surface area contributed by atoms with Crippen molar-refractivity contribution in [3.63, 3.8) is 0 Å². The van der Waals surface area contributed by atoms with Crippen LogP contribution >= 0.6 is 0 Å². The van der Waals surface area contributed by atoms with Gasteiger partial charge in [-0.1, -0.05) is 12.5 Å². The molecule has 134 valence electrons. The molecular weight excluding hydrogens is 321 g/mol. The number of halogens is 3. The molecule has 7 heteroatoms. The molecule has 0 spiro atoms. The molecule has 3 N–H and O–H groups in total. The number of hydrogen-bond donors (Lipinski definition) is 2. The van der Waals surface area contributed by atoms with E-state index in [1.54, 1.807) is 20.8 Å². The molecular formula is C17H23F3N2O2. The molecule has 1 aromatic rings. The van der Waals surface area contributed by atoms with Crippen LogP contribution in [0.5, 0.6) is 0 Å². The Morgan fingerprint density at radius 3 is 2.33 bits per heavy atom. The van der Waals surface area contributed by atoms with Crippen molar-refractivity contribution in [2.24, 2.45) is 5.73 Å². The van der Waals surface area contributed by atoms with Gasteiger partial charge >= 0.3 is 12.3 Å². The van der Waals surface area contributed by atoms with Crippen molar-refractivity contribution in [2.45, 2.75) is 57.2 Å². The van der Waals surface area contributed by atoms with E-state index in [0.29, 0.717) is 12.1 Å². The number of carbonyl (C=O) groups is 1. The van der Waals surface area contributed by atoms with Gasteiger partial charge in [0.05, 0.1) is 5.56 Å². The second kappa shape index (κ2) is 6.27. The number of hydrogen-bond acceptors (Lipinski definition) is 3. The van der Waals surface area contributed by atoms with E-state index in [0.717, 1.165) is 31.4 Å². The van der Waals surface area contributed by atoms with Crippen LogP contribution in [0.2, 0.25) is 0 Å². The number of alkyl halides is 3. The lowest BCUT2D eigenvalue weighted by atomic mass is 9.64. The quantitative estimate of drug-likeness (QED) is 0.852. The van der Waals surface area contributed by atoms with Crippen LogP contribution in [0.1, 0.15) is 51.2 Å². The Bertz CT molecular complexity index is 612. The molecule has 1 aliphatic rings. The predicted octanol–water partition coefficient (Wildman–Crippen LogP) is 4.43. The molecule has 1 aliphatic carbocycles. The lowest BCUT2D eigenvalue weighted by Crippen LogP contribution is -2.42. The van der Waals surface area contributed by atoms with E-state index >= 15 is 0 Å². The molecule has 0 unspecified atom stereocenters. The van der Waals surface area contributed by atoms with Crippen molar-refractivity contribution in [3.8, 4) is 0 Å². The number of nitrogens with two attached hydrogens (primary N) is 1. The van der Waals surface area contributed by atoms with Crippen LogP contribution in [0.15, 0.2) is 18.2 Å². The molecule has 0 aliphatic heterocycles. The third-order valence-electron chi connectivity index (χ3n) is 4.26. The second-order valence-electron chi connectivity index (χ2n) is 7.22. The van der Waals surface area contributed by atoms with Crippen LogP contribution in [0.3, 0.4) is 0 Å². The Labute approximate surface area is 139 Å². The zero-order chi connectivity index (χ0) is 18.2. The summed E-state index contributed by atoms with van der Waals surface area (Å²) in [5.41, 5.74) is 4.67. The fourth-order valence-corrected chi connectivity index (χ4v) is 2.89. The maximum atomic E-state index is 13.0. The number of carbonyl (C=O) groups excluding carboxylic acids is 1. The molecule has 1 saturated carbocycles. The highest BCUT2D eigenvalue weighted by molar-refractivity contribution is 5.86. The molecule has 0 radical (unpaired) electrons. The maximum absolute atomic E-state index is 13.0. The van der Waals surface area contributed by atoms with E-state index in [-0.39, 0.29) is 11.1 Å². The summed E-state index contributed by atoms with van der Waals surface area (Å²) in [7, 11) is 0. The predicted molar refractivity (Wildman–Crippen MR) is 85.9 cm³/mol. The van der Waals surface area contributed by atoms with Crippen LogP contribution in [0.4, 0.5) is 23.7 Å². The minimum atomic E-state index is -4.49. The largest absolute Gasteiger partial charge is 0.444 e. The normalized spacial score (nSPS) is 17.1. The van der Waals surface area contributed by atoms with Gasteiger partial charge < -0.3 is 10.5 Å². The molecule has 0 saturated heterocycles. The first-order chi connectivity index (χ1) is 11.0. The molecule has 1 amide bonds. The van der Waals surface area contributed by atoms with Crippen LogP contribution in [-0.4, -0.2) is 18.2 Å². The third kappa shape index (κ3) is 4.01. The van der Waals surface area contributed by atoms with Gasteiger partial charge in [-0.2, -0.15) is 13.2 Å². The number of benzene rings is 1. The van der Waals surface area contributed by atoms with Gasteiger partial charge in [0.15, 0.2) is 0 Å². The molecule has 1 aromatic carbocycles. The highest BCUT2D eigenvalue weighted by atomic mass is 19.4. The molecule has 2 rings (SSSR count). The smallest absolute Gasteiger partial charge is 0.416 e. The average molecular weight is 344 g/mol. The fourth-order valence-electron chi connectivity index (χ4n) is 2.89. The van der Waals surface area contributed by atoms with Crippen molar-refractivity contribution in [1.82, 2.24) is 0 Å². The standard InChI is InChI=1S/C17H23F3N2O2/c1-15(2,3)24-14(23)22-13-9-11(17(18,19)20)5-6-12(13)16(10-21)7-4-8-16/h5-6,9H,4,7-8,10,21H2,1-3H3,(H,22,23). The molecule has 0 bridgehead atoms. The Balaban J connectivity index is 2.39. The highest BCUT2D eigenvalue weighted by Crippen LogP contribution is 2.46. The highest BCUT2D eigenvalue weighted by Gasteiger charge is 2.40. The number of amides is 1. The van der Waals surface area contributed by atoms with Crippen LogP contribution in [-0.2, 0) is 16.3 Å². The summed E-state index contributed by atoms with van der Waals surface area (Å²) in [6.07, 6.45) is -2.73. The van der Waals surface area contributed by atoms with E-state index in [1.165, 1.54) is 6.07 Å². The van der Waals surface area contributed by atoms with Gasteiger partial charge in [0.25, 0.3) is 0 Å². The summed E-state index contributed by atoms with van der Waals surface area (Å²) in [6, 6.07) is 3.40. The van der Waals surface area contributed by atoms with Crippen molar-refractivity contribution in [3.05, 3.63) is 29.3 Å². The minimum Gasteiger partial charge on any atom is -0.444 e. The zero-order valence-electron chi connectivity index (χ0n) is 14.1. The molecule has 1 fully saturated rings. The summed E-state index contributed by atoms with van der Waals surface area (Å²) in [6.45, 7) is 5.38. The van der Waals surface area contributed by atoms with E-state index in [4.69, 9.17) is 10.5 Å². The summed E-state index contributed by atoms with van der Waals surface area (Å²) < 4.78 is 44.2. The van der Waals surface area contributed by atoms with Crippen molar-refractivity contribution in [2.75, 3.05) is 11.9 Å². The van der Waals surface area contributed by atoms with Gasteiger partial charge in [-0.05, 0) is 51.3 Å².